The molecule has 2 aromatic rings. The highest BCUT2D eigenvalue weighted by molar-refractivity contribution is 5.49. The van der Waals surface area contributed by atoms with Gasteiger partial charge >= 0.3 is 0 Å². The van der Waals surface area contributed by atoms with E-state index >= 15 is 0 Å². The van der Waals surface area contributed by atoms with Gasteiger partial charge in [0.1, 0.15) is 0 Å². The van der Waals surface area contributed by atoms with Crippen LogP contribution in [-0.4, -0.2) is 24.0 Å². The van der Waals surface area contributed by atoms with Crippen LogP contribution in [0.5, 0.6) is 0 Å². The van der Waals surface area contributed by atoms with Gasteiger partial charge in [-0.2, -0.15) is 0 Å². The number of piperidine rings is 1. The van der Waals surface area contributed by atoms with Crippen LogP contribution in [-0.2, 0) is 6.42 Å². The second-order valence-corrected chi connectivity index (χ2v) is 6.61. The van der Waals surface area contributed by atoms with E-state index in [1.165, 1.54) is 43.2 Å². The quantitative estimate of drug-likeness (QED) is 0.735. The minimum absolute atomic E-state index is 0.574. The number of benzene rings is 2. The minimum atomic E-state index is 0.574. The molecule has 0 saturated carbocycles. The van der Waals surface area contributed by atoms with Crippen molar-refractivity contribution in [2.75, 3.05) is 7.05 Å². The maximum atomic E-state index is 2.59. The molecule has 2 aromatic carbocycles. The van der Waals surface area contributed by atoms with Crippen LogP contribution in [0.2, 0.25) is 0 Å². The number of nitrogens with zero attached hydrogens (tertiary/aromatic N) is 1. The molecule has 0 bridgehead atoms. The van der Waals surface area contributed by atoms with Crippen molar-refractivity contribution in [2.24, 2.45) is 0 Å². The van der Waals surface area contributed by atoms with Gasteiger partial charge in [-0.05, 0) is 43.9 Å². The summed E-state index contributed by atoms with van der Waals surface area (Å²) in [4.78, 5) is 2.59. The van der Waals surface area contributed by atoms with Gasteiger partial charge in [0.15, 0.2) is 0 Å². The molecule has 1 aliphatic rings. The number of likely N-dealkylation sites (N-methyl/N-ethyl adjacent to an activating group) is 1. The third-order valence-electron chi connectivity index (χ3n) is 5.06. The monoisotopic (exact) mass is 305 g/mol. The van der Waals surface area contributed by atoms with Crippen molar-refractivity contribution >= 4 is 6.08 Å². The van der Waals surface area contributed by atoms with Crippen LogP contribution in [0.25, 0.3) is 6.08 Å². The van der Waals surface area contributed by atoms with Gasteiger partial charge in [0.05, 0.1) is 0 Å². The second kappa shape index (κ2) is 8.12. The highest BCUT2D eigenvalue weighted by atomic mass is 15.2. The maximum Gasteiger partial charge on any atom is 0.0281 e. The van der Waals surface area contributed by atoms with Crippen LogP contribution in [0.15, 0.2) is 66.7 Å². The van der Waals surface area contributed by atoms with Gasteiger partial charge in [-0.15, -0.1) is 0 Å². The van der Waals surface area contributed by atoms with E-state index in [0.29, 0.717) is 12.1 Å². The van der Waals surface area contributed by atoms with Gasteiger partial charge in [-0.3, -0.25) is 4.90 Å². The van der Waals surface area contributed by atoms with Crippen molar-refractivity contribution in [3.05, 3.63) is 77.9 Å². The van der Waals surface area contributed by atoms with Crippen molar-refractivity contribution in [3.8, 4) is 0 Å². The van der Waals surface area contributed by atoms with E-state index in [4.69, 9.17) is 0 Å². The largest absolute Gasteiger partial charge is 0.297 e. The first-order chi connectivity index (χ1) is 11.3. The maximum absolute atomic E-state index is 2.59. The SMILES string of the molecule is CN1[C@@H](CCc2ccccc2)CCC[C@H]1C=Cc1ccccc1. The van der Waals surface area contributed by atoms with Crippen LogP contribution < -0.4 is 0 Å². The molecule has 3 rings (SSSR count). The number of aryl methyl sites for hydroxylation is 1. The highest BCUT2D eigenvalue weighted by Gasteiger charge is 2.25. The molecule has 1 heterocycles. The Morgan fingerprint density at radius 3 is 2.39 bits per heavy atom. The fourth-order valence-corrected chi connectivity index (χ4v) is 3.58. The molecule has 0 amide bonds. The van der Waals surface area contributed by atoms with E-state index in [-0.39, 0.29) is 0 Å². The smallest absolute Gasteiger partial charge is 0.0281 e. The number of rotatable bonds is 5. The molecule has 0 aromatic heterocycles. The van der Waals surface area contributed by atoms with Gasteiger partial charge in [0.2, 0.25) is 0 Å². The van der Waals surface area contributed by atoms with E-state index < -0.39 is 0 Å². The summed E-state index contributed by atoms with van der Waals surface area (Å²) in [6.45, 7) is 0. The minimum Gasteiger partial charge on any atom is -0.297 e. The lowest BCUT2D eigenvalue weighted by Crippen LogP contribution is -2.43. The van der Waals surface area contributed by atoms with Crippen LogP contribution in [0, 0.1) is 0 Å². The fraction of sp³-hybridized carbons (Fsp3) is 0.364. The van der Waals surface area contributed by atoms with Crippen molar-refractivity contribution in [1.29, 1.82) is 0 Å². The summed E-state index contributed by atoms with van der Waals surface area (Å²) >= 11 is 0. The van der Waals surface area contributed by atoms with E-state index in [1.807, 2.05) is 0 Å². The zero-order valence-electron chi connectivity index (χ0n) is 14.1. The van der Waals surface area contributed by atoms with E-state index in [1.54, 1.807) is 0 Å². The van der Waals surface area contributed by atoms with Crippen LogP contribution in [0.4, 0.5) is 0 Å². The van der Waals surface area contributed by atoms with Crippen molar-refractivity contribution in [3.63, 3.8) is 0 Å². The first-order valence-electron chi connectivity index (χ1n) is 8.82. The molecule has 0 spiro atoms. The molecule has 0 N–H and O–H groups in total. The third-order valence-corrected chi connectivity index (χ3v) is 5.06. The van der Waals surface area contributed by atoms with Gasteiger partial charge in [-0.1, -0.05) is 79.2 Å². The van der Waals surface area contributed by atoms with Crippen molar-refractivity contribution in [1.82, 2.24) is 4.90 Å². The summed E-state index contributed by atoms with van der Waals surface area (Å²) < 4.78 is 0. The Kier molecular flexibility index (Phi) is 5.65. The molecule has 0 radical (unpaired) electrons. The molecule has 23 heavy (non-hydrogen) atoms. The summed E-state index contributed by atoms with van der Waals surface area (Å²) in [6, 6.07) is 22.8. The van der Waals surface area contributed by atoms with Crippen molar-refractivity contribution in [2.45, 2.75) is 44.2 Å². The molecular weight excluding hydrogens is 278 g/mol. The molecule has 1 heteroatoms. The molecule has 1 saturated heterocycles. The summed E-state index contributed by atoms with van der Waals surface area (Å²) in [5.74, 6) is 0. The summed E-state index contributed by atoms with van der Waals surface area (Å²) in [6.07, 6.45) is 11.1. The summed E-state index contributed by atoms with van der Waals surface area (Å²) in [7, 11) is 2.30. The zero-order valence-corrected chi connectivity index (χ0v) is 14.1. The van der Waals surface area contributed by atoms with Gasteiger partial charge < -0.3 is 0 Å². The Bertz CT molecular complexity index is 602. The van der Waals surface area contributed by atoms with Crippen LogP contribution in [0.3, 0.4) is 0 Å². The first-order valence-corrected chi connectivity index (χ1v) is 8.82. The van der Waals surface area contributed by atoms with Crippen LogP contribution in [0.1, 0.15) is 36.8 Å². The molecule has 2 atom stereocenters. The van der Waals surface area contributed by atoms with E-state index in [9.17, 15) is 0 Å². The van der Waals surface area contributed by atoms with Gasteiger partial charge in [0.25, 0.3) is 0 Å². The lowest BCUT2D eigenvalue weighted by molar-refractivity contribution is 0.136. The normalized spacial score (nSPS) is 22.5. The Balaban J connectivity index is 1.57. The Labute approximate surface area is 140 Å². The summed E-state index contributed by atoms with van der Waals surface area (Å²) in [5, 5.41) is 0. The predicted octanol–water partition coefficient (Wildman–Crippen LogP) is 5.19. The first kappa shape index (κ1) is 16.0. The van der Waals surface area contributed by atoms with E-state index in [2.05, 4.69) is 84.8 Å². The average molecular weight is 305 g/mol. The molecular formula is C22H27N. The molecule has 1 nitrogen and oxygen atoms in total. The fourth-order valence-electron chi connectivity index (χ4n) is 3.58. The number of likely N-dealkylation sites (tertiary alicyclic amines) is 1. The number of hydrogen-bond acceptors (Lipinski definition) is 1. The van der Waals surface area contributed by atoms with Gasteiger partial charge in [0, 0.05) is 12.1 Å². The van der Waals surface area contributed by atoms with Crippen LogP contribution >= 0.6 is 0 Å². The predicted molar refractivity (Wildman–Crippen MR) is 99.4 cm³/mol. The molecule has 1 aliphatic heterocycles. The number of hydrogen-bond donors (Lipinski definition) is 0. The Morgan fingerprint density at radius 2 is 1.65 bits per heavy atom. The third kappa shape index (κ3) is 4.56. The lowest BCUT2D eigenvalue weighted by Gasteiger charge is -2.38. The van der Waals surface area contributed by atoms with Crippen molar-refractivity contribution < 1.29 is 0 Å². The Hall–Kier alpha value is -1.86. The molecule has 0 aliphatic carbocycles. The van der Waals surface area contributed by atoms with Gasteiger partial charge in [-0.25, -0.2) is 0 Å². The summed E-state index contributed by atoms with van der Waals surface area (Å²) in [5.41, 5.74) is 2.76. The average Bonchev–Trinajstić information content (AvgIpc) is 2.61. The second-order valence-electron chi connectivity index (χ2n) is 6.61. The molecule has 0 unspecified atom stereocenters. The highest BCUT2D eigenvalue weighted by Crippen LogP contribution is 2.25. The Morgan fingerprint density at radius 1 is 0.957 bits per heavy atom. The topological polar surface area (TPSA) is 3.24 Å². The standard InChI is InChI=1S/C22H27N/c1-23-21(17-15-19-9-4-2-5-10-19)13-8-14-22(23)18-16-20-11-6-3-7-12-20/h2-7,9-12,15,17,21-22H,8,13-14,16,18H2,1H3/t21-,22+/m0/s1. The van der Waals surface area contributed by atoms with E-state index in [0.717, 1.165) is 0 Å². The lowest BCUT2D eigenvalue weighted by atomic mass is 9.91. The molecule has 1 fully saturated rings. The zero-order chi connectivity index (χ0) is 15.9. The molecule has 120 valence electrons.